The fraction of sp³-hybridized carbons (Fsp3) is 0.586. The van der Waals surface area contributed by atoms with Crippen LogP contribution in [0.3, 0.4) is 0 Å². The number of halogens is 2. The van der Waals surface area contributed by atoms with E-state index in [1.807, 2.05) is 6.07 Å². The van der Waals surface area contributed by atoms with Crippen LogP contribution >= 0.6 is 0 Å². The number of fused-ring (bicyclic) bond motifs is 1. The maximum absolute atomic E-state index is 13.9. The fourth-order valence-corrected chi connectivity index (χ4v) is 7.50. The molecule has 0 amide bonds. The lowest BCUT2D eigenvalue weighted by Gasteiger charge is -2.35. The molecular weight excluding hydrogens is 478 g/mol. The molecule has 4 nitrogen and oxygen atoms in total. The highest BCUT2D eigenvalue weighted by Gasteiger charge is 2.35. The lowest BCUT2D eigenvalue weighted by atomic mass is 9.72. The molecule has 3 aliphatic carbocycles. The Bertz CT molecular complexity index is 1140. The second-order valence-electron chi connectivity index (χ2n) is 11.3. The van der Waals surface area contributed by atoms with Gasteiger partial charge in [0.25, 0.3) is 0 Å². The molecule has 0 aromatic heterocycles. The summed E-state index contributed by atoms with van der Waals surface area (Å²) in [6, 6.07) is 10.9. The molecule has 3 aliphatic rings. The minimum absolute atomic E-state index is 0.119. The molecule has 5 rings (SSSR count). The van der Waals surface area contributed by atoms with Gasteiger partial charge >= 0.3 is 0 Å². The Morgan fingerprint density at radius 2 is 1.50 bits per heavy atom. The number of hydrogen-bond donors (Lipinski definition) is 2. The Kier molecular flexibility index (Phi) is 8.08. The Hall–Kier alpha value is -1.83. The van der Waals surface area contributed by atoms with Crippen molar-refractivity contribution >= 4 is 10.0 Å². The molecule has 2 unspecified atom stereocenters. The monoisotopic (exact) mass is 516 g/mol. The van der Waals surface area contributed by atoms with Gasteiger partial charge in [-0.05, 0) is 123 Å². The summed E-state index contributed by atoms with van der Waals surface area (Å²) in [6.45, 7) is 2.37. The third-order valence-electron chi connectivity index (χ3n) is 8.64. The van der Waals surface area contributed by atoms with Crippen molar-refractivity contribution in [2.75, 3.05) is 19.6 Å². The second kappa shape index (κ2) is 11.3. The van der Waals surface area contributed by atoms with Gasteiger partial charge < -0.3 is 5.32 Å². The van der Waals surface area contributed by atoms with E-state index in [9.17, 15) is 17.2 Å². The predicted molar refractivity (Wildman–Crippen MR) is 138 cm³/mol. The van der Waals surface area contributed by atoms with Crippen molar-refractivity contribution in [3.63, 3.8) is 0 Å². The van der Waals surface area contributed by atoms with Crippen LogP contribution in [-0.4, -0.2) is 28.1 Å². The third-order valence-corrected chi connectivity index (χ3v) is 10.1. The summed E-state index contributed by atoms with van der Waals surface area (Å²) < 4.78 is 55.2. The topological polar surface area (TPSA) is 58.2 Å². The van der Waals surface area contributed by atoms with Crippen LogP contribution in [0.2, 0.25) is 0 Å². The van der Waals surface area contributed by atoms with Gasteiger partial charge in [0.05, 0.1) is 0 Å². The molecule has 0 spiro atoms. The summed E-state index contributed by atoms with van der Waals surface area (Å²) in [5.41, 5.74) is 2.58. The van der Waals surface area contributed by atoms with E-state index in [1.165, 1.54) is 54.7 Å². The molecule has 196 valence electrons. The van der Waals surface area contributed by atoms with Crippen molar-refractivity contribution in [1.82, 2.24) is 10.0 Å². The molecule has 0 bridgehead atoms. The number of benzene rings is 2. The lowest BCUT2D eigenvalue weighted by molar-refractivity contribution is 0.256. The smallest absolute Gasteiger partial charge is 0.243 e. The number of aryl methyl sites for hydroxylation is 1. The van der Waals surface area contributed by atoms with Gasteiger partial charge in [-0.15, -0.1) is 0 Å². The first-order valence-corrected chi connectivity index (χ1v) is 15.1. The van der Waals surface area contributed by atoms with E-state index in [-0.39, 0.29) is 10.7 Å². The minimum atomic E-state index is -3.82. The fourth-order valence-electron chi connectivity index (χ4n) is 6.31. The van der Waals surface area contributed by atoms with E-state index in [2.05, 4.69) is 10.0 Å². The van der Waals surface area contributed by atoms with E-state index in [1.54, 1.807) is 12.1 Å². The molecule has 2 aromatic carbocycles. The average Bonchev–Trinajstić information content (AvgIpc) is 3.69. The van der Waals surface area contributed by atoms with Crippen LogP contribution in [0.1, 0.15) is 68.4 Å². The van der Waals surface area contributed by atoms with Crippen molar-refractivity contribution in [2.45, 2.75) is 68.6 Å². The van der Waals surface area contributed by atoms with Crippen molar-refractivity contribution < 1.29 is 17.2 Å². The standard InChI is InChI=1S/C29H38F2N2O2S/c30-25-13-14-26-23(16-25)11-12-24(27(26)15-20-5-6-20)19-32-17-21-7-9-22(10-8-21)18-33-36(34,35)29-4-2-1-3-28(29)31/h1-4,13-14,16,20-22,24,27,32-33H,5-12,15,17-19H2. The molecule has 2 saturated carbocycles. The largest absolute Gasteiger partial charge is 0.316 e. The van der Waals surface area contributed by atoms with Gasteiger partial charge in [-0.25, -0.2) is 21.9 Å². The van der Waals surface area contributed by atoms with Gasteiger partial charge in [0.1, 0.15) is 16.5 Å². The summed E-state index contributed by atoms with van der Waals surface area (Å²) >= 11 is 0. The molecule has 0 radical (unpaired) electrons. The SMILES string of the molecule is O=S(=O)(NCC1CCC(CNCC2CCc3cc(F)ccc3C2CC2CC2)CC1)c1ccccc1F. The molecule has 0 aliphatic heterocycles. The van der Waals surface area contributed by atoms with E-state index in [4.69, 9.17) is 0 Å². The maximum atomic E-state index is 13.9. The van der Waals surface area contributed by atoms with Crippen LogP contribution in [-0.2, 0) is 16.4 Å². The Balaban J connectivity index is 1.06. The van der Waals surface area contributed by atoms with Crippen molar-refractivity contribution in [3.8, 4) is 0 Å². The quantitative estimate of drug-likeness (QED) is 0.421. The van der Waals surface area contributed by atoms with Gasteiger partial charge in [0.15, 0.2) is 0 Å². The summed E-state index contributed by atoms with van der Waals surface area (Å²) in [7, 11) is -3.82. The summed E-state index contributed by atoms with van der Waals surface area (Å²) in [5, 5.41) is 3.76. The molecule has 2 atom stereocenters. The molecular formula is C29H38F2N2O2S. The van der Waals surface area contributed by atoms with E-state index < -0.39 is 15.8 Å². The Morgan fingerprint density at radius 1 is 0.806 bits per heavy atom. The molecule has 36 heavy (non-hydrogen) atoms. The van der Waals surface area contributed by atoms with Gasteiger partial charge in [0.2, 0.25) is 10.0 Å². The van der Waals surface area contributed by atoms with Gasteiger partial charge in [0, 0.05) is 6.54 Å². The first kappa shape index (κ1) is 25.8. The van der Waals surface area contributed by atoms with E-state index in [0.29, 0.717) is 30.2 Å². The van der Waals surface area contributed by atoms with Crippen LogP contribution in [0, 0.1) is 35.3 Å². The third kappa shape index (κ3) is 6.35. The van der Waals surface area contributed by atoms with Crippen LogP contribution in [0.5, 0.6) is 0 Å². The second-order valence-corrected chi connectivity index (χ2v) is 13.0. The normalized spacial score (nSPS) is 26.5. The molecule has 2 fully saturated rings. The Morgan fingerprint density at radius 3 is 2.22 bits per heavy atom. The number of rotatable bonds is 10. The zero-order valence-electron chi connectivity index (χ0n) is 20.9. The Labute approximate surface area is 214 Å². The first-order chi connectivity index (χ1) is 17.4. The van der Waals surface area contributed by atoms with Gasteiger partial charge in [-0.1, -0.05) is 31.0 Å². The van der Waals surface area contributed by atoms with Crippen LogP contribution in [0.25, 0.3) is 0 Å². The number of nitrogens with one attached hydrogen (secondary N) is 2. The van der Waals surface area contributed by atoms with Crippen molar-refractivity contribution in [2.24, 2.45) is 23.7 Å². The molecule has 2 aromatic rings. The highest BCUT2D eigenvalue weighted by molar-refractivity contribution is 7.89. The minimum Gasteiger partial charge on any atom is -0.316 e. The maximum Gasteiger partial charge on any atom is 0.243 e. The predicted octanol–water partition coefficient (Wildman–Crippen LogP) is 5.79. The molecule has 0 saturated heterocycles. The number of sulfonamides is 1. The van der Waals surface area contributed by atoms with Gasteiger partial charge in [-0.2, -0.15) is 0 Å². The van der Waals surface area contributed by atoms with Gasteiger partial charge in [-0.3, -0.25) is 0 Å². The van der Waals surface area contributed by atoms with Crippen molar-refractivity contribution in [3.05, 3.63) is 65.2 Å². The summed E-state index contributed by atoms with van der Waals surface area (Å²) in [4.78, 5) is -0.279. The molecule has 7 heteroatoms. The highest BCUT2D eigenvalue weighted by atomic mass is 32.2. The highest BCUT2D eigenvalue weighted by Crippen LogP contribution is 2.46. The van der Waals surface area contributed by atoms with E-state index >= 15 is 0 Å². The van der Waals surface area contributed by atoms with Crippen molar-refractivity contribution in [1.29, 1.82) is 0 Å². The average molecular weight is 517 g/mol. The zero-order chi connectivity index (χ0) is 25.1. The summed E-state index contributed by atoms with van der Waals surface area (Å²) in [6.07, 6.45) is 10.1. The zero-order valence-corrected chi connectivity index (χ0v) is 21.7. The molecule has 2 N–H and O–H groups in total. The van der Waals surface area contributed by atoms with Crippen LogP contribution < -0.4 is 10.0 Å². The lowest BCUT2D eigenvalue weighted by Crippen LogP contribution is -2.36. The van der Waals surface area contributed by atoms with Crippen LogP contribution in [0.4, 0.5) is 8.78 Å². The number of hydrogen-bond acceptors (Lipinski definition) is 3. The van der Waals surface area contributed by atoms with Crippen LogP contribution in [0.15, 0.2) is 47.4 Å². The summed E-state index contributed by atoms with van der Waals surface area (Å²) in [5.74, 6) is 2.05. The van der Waals surface area contributed by atoms with E-state index in [0.717, 1.165) is 57.5 Å². The molecule has 0 heterocycles. The first-order valence-electron chi connectivity index (χ1n) is 13.6.